The van der Waals surface area contributed by atoms with Crippen LogP contribution in [-0.4, -0.2) is 35.5 Å². The van der Waals surface area contributed by atoms with Crippen molar-refractivity contribution in [3.8, 4) is 23.0 Å². The number of ketones is 1. The van der Waals surface area contributed by atoms with Crippen LogP contribution < -0.4 is 14.8 Å². The standard InChI is InChI=1S/C25H29N3O5/c1-15(2)24-27-25(33-28-24)19-9-6-8-16(3)23(19)26-22(30)10-7-13-32-20-12-11-18(17(4)29)14-21(20)31-5/h6,8-9,11-12,14-15H,7,10,13H2,1-5H3,(H,26,30). The lowest BCUT2D eigenvalue weighted by Gasteiger charge is -2.13. The smallest absolute Gasteiger partial charge is 0.260 e. The number of rotatable bonds is 10. The maximum absolute atomic E-state index is 12.6. The van der Waals surface area contributed by atoms with Gasteiger partial charge in [-0.3, -0.25) is 9.59 Å². The van der Waals surface area contributed by atoms with Crippen LogP contribution in [0.25, 0.3) is 11.5 Å². The maximum atomic E-state index is 12.6. The Morgan fingerprint density at radius 1 is 1.15 bits per heavy atom. The van der Waals surface area contributed by atoms with Crippen molar-refractivity contribution in [1.29, 1.82) is 0 Å². The predicted octanol–water partition coefficient (Wildman–Crippen LogP) is 5.18. The quantitative estimate of drug-likeness (QED) is 0.335. The van der Waals surface area contributed by atoms with Crippen molar-refractivity contribution in [3.05, 3.63) is 53.3 Å². The van der Waals surface area contributed by atoms with E-state index in [1.807, 2.05) is 39.0 Å². The fraction of sp³-hybridized carbons (Fsp3) is 0.360. The van der Waals surface area contributed by atoms with Gasteiger partial charge in [-0.2, -0.15) is 4.98 Å². The fourth-order valence-electron chi connectivity index (χ4n) is 3.21. The summed E-state index contributed by atoms with van der Waals surface area (Å²) in [6.07, 6.45) is 0.769. The summed E-state index contributed by atoms with van der Waals surface area (Å²) < 4.78 is 16.5. The highest BCUT2D eigenvalue weighted by Crippen LogP contribution is 2.31. The van der Waals surface area contributed by atoms with E-state index in [4.69, 9.17) is 14.0 Å². The van der Waals surface area contributed by atoms with Crippen molar-refractivity contribution in [3.63, 3.8) is 0 Å². The summed E-state index contributed by atoms with van der Waals surface area (Å²) in [6, 6.07) is 10.7. The van der Waals surface area contributed by atoms with Gasteiger partial charge in [0.05, 0.1) is 25.0 Å². The van der Waals surface area contributed by atoms with E-state index in [1.54, 1.807) is 18.2 Å². The van der Waals surface area contributed by atoms with Crippen LogP contribution >= 0.6 is 0 Å². The lowest BCUT2D eigenvalue weighted by molar-refractivity contribution is -0.116. The molecule has 8 heteroatoms. The van der Waals surface area contributed by atoms with E-state index < -0.39 is 0 Å². The minimum Gasteiger partial charge on any atom is -0.493 e. The summed E-state index contributed by atoms with van der Waals surface area (Å²) in [6.45, 7) is 7.71. The molecule has 1 amide bonds. The van der Waals surface area contributed by atoms with E-state index in [0.717, 1.165) is 5.56 Å². The Kier molecular flexibility index (Phi) is 7.82. The molecule has 1 N–H and O–H groups in total. The SMILES string of the molecule is COc1cc(C(C)=O)ccc1OCCCC(=O)Nc1c(C)cccc1-c1nc(C(C)C)no1. The van der Waals surface area contributed by atoms with Gasteiger partial charge in [0, 0.05) is 17.9 Å². The molecule has 0 saturated carbocycles. The van der Waals surface area contributed by atoms with Crippen molar-refractivity contribution in [1.82, 2.24) is 10.1 Å². The highest BCUT2D eigenvalue weighted by molar-refractivity contribution is 5.96. The van der Waals surface area contributed by atoms with Gasteiger partial charge < -0.3 is 19.3 Å². The predicted molar refractivity (Wildman–Crippen MR) is 125 cm³/mol. The van der Waals surface area contributed by atoms with Crippen LogP contribution in [-0.2, 0) is 4.79 Å². The molecule has 0 aliphatic carbocycles. The third-order valence-corrected chi connectivity index (χ3v) is 5.10. The summed E-state index contributed by atoms with van der Waals surface area (Å²) in [5.74, 6) is 1.96. The topological polar surface area (TPSA) is 104 Å². The van der Waals surface area contributed by atoms with Crippen LogP contribution in [0.2, 0.25) is 0 Å². The van der Waals surface area contributed by atoms with Crippen LogP contribution in [0.5, 0.6) is 11.5 Å². The van der Waals surface area contributed by atoms with E-state index in [0.29, 0.717) is 53.1 Å². The third-order valence-electron chi connectivity index (χ3n) is 5.10. The van der Waals surface area contributed by atoms with Gasteiger partial charge in [-0.05, 0) is 50.1 Å². The molecule has 8 nitrogen and oxygen atoms in total. The Morgan fingerprint density at radius 3 is 2.61 bits per heavy atom. The van der Waals surface area contributed by atoms with E-state index in [2.05, 4.69) is 15.5 Å². The molecule has 0 aliphatic heterocycles. The molecule has 0 unspecified atom stereocenters. The molecule has 1 heterocycles. The van der Waals surface area contributed by atoms with Gasteiger partial charge in [0.1, 0.15) is 0 Å². The molecule has 1 aromatic heterocycles. The van der Waals surface area contributed by atoms with Crippen molar-refractivity contribution >= 4 is 17.4 Å². The highest BCUT2D eigenvalue weighted by atomic mass is 16.5. The molecular formula is C25H29N3O5. The number of hydrogen-bond acceptors (Lipinski definition) is 7. The zero-order chi connectivity index (χ0) is 24.0. The fourth-order valence-corrected chi connectivity index (χ4v) is 3.21. The number of ether oxygens (including phenoxy) is 2. The first kappa shape index (κ1) is 24.0. The lowest BCUT2D eigenvalue weighted by atomic mass is 10.1. The Hall–Kier alpha value is -3.68. The van der Waals surface area contributed by atoms with Crippen LogP contribution in [0.3, 0.4) is 0 Å². The summed E-state index contributed by atoms with van der Waals surface area (Å²) >= 11 is 0. The second-order valence-corrected chi connectivity index (χ2v) is 8.03. The lowest BCUT2D eigenvalue weighted by Crippen LogP contribution is -2.14. The average molecular weight is 452 g/mol. The largest absolute Gasteiger partial charge is 0.493 e. The van der Waals surface area contributed by atoms with Gasteiger partial charge in [-0.15, -0.1) is 0 Å². The summed E-state index contributed by atoms with van der Waals surface area (Å²) in [5, 5.41) is 6.99. The molecule has 33 heavy (non-hydrogen) atoms. The number of aryl methyl sites for hydroxylation is 1. The number of aromatic nitrogens is 2. The number of methoxy groups -OCH3 is 1. The van der Waals surface area contributed by atoms with Crippen molar-refractivity contribution < 1.29 is 23.6 Å². The van der Waals surface area contributed by atoms with Gasteiger partial charge in [-0.25, -0.2) is 0 Å². The van der Waals surface area contributed by atoms with Gasteiger partial charge in [0.25, 0.3) is 5.89 Å². The van der Waals surface area contributed by atoms with Gasteiger partial charge >= 0.3 is 0 Å². The average Bonchev–Trinajstić information content (AvgIpc) is 3.28. The zero-order valence-electron chi connectivity index (χ0n) is 19.6. The molecular weight excluding hydrogens is 422 g/mol. The van der Waals surface area contributed by atoms with E-state index in [-0.39, 0.29) is 24.0 Å². The number of para-hydroxylation sites is 1. The van der Waals surface area contributed by atoms with Gasteiger partial charge in [0.2, 0.25) is 5.91 Å². The molecule has 0 aliphatic rings. The van der Waals surface area contributed by atoms with Crippen LogP contribution in [0.4, 0.5) is 5.69 Å². The first-order valence-corrected chi connectivity index (χ1v) is 10.8. The first-order chi connectivity index (χ1) is 15.8. The maximum Gasteiger partial charge on any atom is 0.260 e. The van der Waals surface area contributed by atoms with Gasteiger partial charge in [-0.1, -0.05) is 31.1 Å². The number of carbonyl (C=O) groups excluding carboxylic acids is 2. The summed E-state index contributed by atoms with van der Waals surface area (Å²) in [7, 11) is 1.52. The van der Waals surface area contributed by atoms with E-state index in [1.165, 1.54) is 14.0 Å². The number of amides is 1. The molecule has 0 saturated heterocycles. The number of hydrogen-bond donors (Lipinski definition) is 1. The number of nitrogens with one attached hydrogen (secondary N) is 1. The van der Waals surface area contributed by atoms with Crippen molar-refractivity contribution in [2.24, 2.45) is 0 Å². The van der Waals surface area contributed by atoms with Gasteiger partial charge in [0.15, 0.2) is 23.1 Å². The zero-order valence-corrected chi connectivity index (χ0v) is 19.6. The second kappa shape index (κ2) is 10.8. The highest BCUT2D eigenvalue weighted by Gasteiger charge is 2.17. The second-order valence-electron chi connectivity index (χ2n) is 8.03. The van der Waals surface area contributed by atoms with E-state index >= 15 is 0 Å². The summed E-state index contributed by atoms with van der Waals surface area (Å²) in [5.41, 5.74) is 2.80. The van der Waals surface area contributed by atoms with E-state index in [9.17, 15) is 9.59 Å². The molecule has 0 radical (unpaired) electrons. The van der Waals surface area contributed by atoms with Crippen LogP contribution in [0.15, 0.2) is 40.9 Å². The Labute approximate surface area is 193 Å². The normalized spacial score (nSPS) is 10.8. The molecule has 2 aromatic carbocycles. The third kappa shape index (κ3) is 5.97. The summed E-state index contributed by atoms with van der Waals surface area (Å²) in [4.78, 5) is 28.6. The number of carbonyl (C=O) groups is 2. The minimum absolute atomic E-state index is 0.0481. The number of anilines is 1. The van der Waals surface area contributed by atoms with Crippen LogP contribution in [0, 0.1) is 6.92 Å². The molecule has 174 valence electrons. The number of Topliss-reactive ketones (excluding diaryl/α,β-unsaturated/α-hetero) is 1. The minimum atomic E-state index is -0.142. The molecule has 3 aromatic rings. The van der Waals surface area contributed by atoms with Crippen molar-refractivity contribution in [2.45, 2.75) is 46.5 Å². The molecule has 3 rings (SSSR count). The van der Waals surface area contributed by atoms with Crippen molar-refractivity contribution in [2.75, 3.05) is 19.0 Å². The molecule has 0 fully saturated rings. The monoisotopic (exact) mass is 451 g/mol. The van der Waals surface area contributed by atoms with Crippen LogP contribution in [0.1, 0.15) is 61.3 Å². The number of nitrogens with zero attached hydrogens (tertiary/aromatic N) is 2. The Balaban J connectivity index is 1.60. The molecule has 0 bridgehead atoms. The Bertz CT molecular complexity index is 1140. The number of benzene rings is 2. The Morgan fingerprint density at radius 2 is 1.94 bits per heavy atom. The molecule has 0 spiro atoms. The molecule has 0 atom stereocenters. The first-order valence-electron chi connectivity index (χ1n) is 10.8.